The van der Waals surface area contributed by atoms with Crippen molar-refractivity contribution in [3.63, 3.8) is 0 Å². The zero-order valence-electron chi connectivity index (χ0n) is 16.4. The molecule has 4 rings (SSSR count). The highest BCUT2D eigenvalue weighted by Gasteiger charge is 2.32. The van der Waals surface area contributed by atoms with Crippen molar-refractivity contribution in [2.45, 2.75) is 44.4 Å². The molecule has 28 heavy (non-hydrogen) atoms. The highest BCUT2D eigenvalue weighted by molar-refractivity contribution is 7.89. The van der Waals surface area contributed by atoms with Crippen molar-refractivity contribution in [3.05, 3.63) is 50.7 Å². The molecule has 0 atom stereocenters. The highest BCUT2D eigenvalue weighted by atomic mass is 32.2. The molecule has 2 heterocycles. The maximum Gasteiger partial charge on any atom is 0.255 e. The summed E-state index contributed by atoms with van der Waals surface area (Å²) in [6.45, 7) is 5.35. The van der Waals surface area contributed by atoms with E-state index in [4.69, 9.17) is 0 Å². The molecule has 2 aromatic rings. The zero-order valence-corrected chi connectivity index (χ0v) is 18.0. The van der Waals surface area contributed by atoms with Gasteiger partial charge in [-0.3, -0.25) is 4.79 Å². The first-order valence-corrected chi connectivity index (χ1v) is 12.2. The Kier molecular flexibility index (Phi) is 5.33. The molecule has 0 N–H and O–H groups in total. The number of carbonyl (C=O) groups excluding carboxylic acids is 1. The molecule has 1 amide bonds. The van der Waals surface area contributed by atoms with Crippen LogP contribution in [-0.2, 0) is 22.9 Å². The van der Waals surface area contributed by atoms with Gasteiger partial charge in [0, 0.05) is 36.4 Å². The van der Waals surface area contributed by atoms with Crippen molar-refractivity contribution in [2.75, 3.05) is 26.2 Å². The average Bonchev–Trinajstić information content (AvgIpc) is 3.11. The Morgan fingerprint density at radius 1 is 1.04 bits per heavy atom. The Hall–Kier alpha value is -1.70. The maximum atomic E-state index is 13.0. The summed E-state index contributed by atoms with van der Waals surface area (Å²) in [5, 5.41) is 2.00. The smallest absolute Gasteiger partial charge is 0.255 e. The molecule has 150 valence electrons. The number of thiophene rings is 1. The number of aryl methyl sites for hydroxylation is 3. The van der Waals surface area contributed by atoms with Crippen LogP contribution in [-0.4, -0.2) is 49.7 Å². The lowest BCUT2D eigenvalue weighted by Gasteiger charge is -2.34. The fraction of sp³-hybridized carbons (Fsp3) is 0.476. The molecule has 0 spiro atoms. The average molecular weight is 419 g/mol. The Balaban J connectivity index is 1.47. The fourth-order valence-electron chi connectivity index (χ4n) is 4.20. The van der Waals surface area contributed by atoms with E-state index in [0.717, 1.165) is 36.0 Å². The third-order valence-electron chi connectivity index (χ3n) is 5.77. The Morgan fingerprint density at radius 2 is 1.75 bits per heavy atom. The summed E-state index contributed by atoms with van der Waals surface area (Å²) in [5.41, 5.74) is 3.88. The second kappa shape index (κ2) is 7.61. The van der Waals surface area contributed by atoms with Crippen LogP contribution >= 0.6 is 11.3 Å². The molecular formula is C21H26N2O3S2. The number of piperazine rings is 1. The summed E-state index contributed by atoms with van der Waals surface area (Å²) in [7, 11) is -3.53. The van der Waals surface area contributed by atoms with E-state index in [1.54, 1.807) is 17.4 Å². The van der Waals surface area contributed by atoms with E-state index in [-0.39, 0.29) is 5.91 Å². The van der Waals surface area contributed by atoms with E-state index >= 15 is 0 Å². The monoisotopic (exact) mass is 418 g/mol. The van der Waals surface area contributed by atoms with Crippen LogP contribution in [0, 0.1) is 13.8 Å². The highest BCUT2D eigenvalue weighted by Crippen LogP contribution is 2.31. The predicted octanol–water partition coefficient (Wildman–Crippen LogP) is 3.39. The molecule has 1 saturated heterocycles. The second-order valence-corrected chi connectivity index (χ2v) is 10.6. The van der Waals surface area contributed by atoms with Gasteiger partial charge in [0.2, 0.25) is 10.0 Å². The lowest BCUT2D eigenvalue weighted by atomic mass is 9.95. The van der Waals surface area contributed by atoms with Crippen molar-refractivity contribution in [3.8, 4) is 0 Å². The minimum absolute atomic E-state index is 0.0583. The van der Waals surface area contributed by atoms with E-state index in [1.807, 2.05) is 36.3 Å². The summed E-state index contributed by atoms with van der Waals surface area (Å²) in [5.74, 6) is 0.0583. The van der Waals surface area contributed by atoms with Crippen LogP contribution in [0.4, 0.5) is 0 Å². The minimum atomic E-state index is -3.53. The van der Waals surface area contributed by atoms with Gasteiger partial charge < -0.3 is 4.90 Å². The SMILES string of the molecule is Cc1ccc(S(=O)(=O)N2CCN(C(=O)c3csc4c3CCCC4)CC2)c(C)c1. The van der Waals surface area contributed by atoms with Crippen molar-refractivity contribution < 1.29 is 13.2 Å². The van der Waals surface area contributed by atoms with Crippen LogP contribution < -0.4 is 0 Å². The Bertz CT molecular complexity index is 1000. The summed E-state index contributed by atoms with van der Waals surface area (Å²) in [6.07, 6.45) is 4.41. The Morgan fingerprint density at radius 3 is 2.46 bits per heavy atom. The molecule has 7 heteroatoms. The van der Waals surface area contributed by atoms with E-state index in [9.17, 15) is 13.2 Å². The number of hydrogen-bond donors (Lipinski definition) is 0. The molecule has 1 aromatic heterocycles. The molecule has 0 saturated carbocycles. The van der Waals surface area contributed by atoms with Crippen LogP contribution in [0.5, 0.6) is 0 Å². The number of nitrogens with zero attached hydrogens (tertiary/aromatic N) is 2. The quantitative estimate of drug-likeness (QED) is 0.768. The van der Waals surface area contributed by atoms with E-state index in [0.29, 0.717) is 31.1 Å². The van der Waals surface area contributed by atoms with E-state index in [1.165, 1.54) is 21.2 Å². The van der Waals surface area contributed by atoms with E-state index in [2.05, 4.69) is 0 Å². The summed E-state index contributed by atoms with van der Waals surface area (Å²) >= 11 is 1.70. The van der Waals surface area contributed by atoms with Gasteiger partial charge in [0.15, 0.2) is 0 Å². The van der Waals surface area contributed by atoms with Crippen LogP contribution in [0.15, 0.2) is 28.5 Å². The van der Waals surface area contributed by atoms with E-state index < -0.39 is 10.0 Å². The number of amides is 1. The summed E-state index contributed by atoms with van der Waals surface area (Å²) in [4.78, 5) is 16.5. The third-order valence-corrected chi connectivity index (χ3v) is 8.91. The number of rotatable bonds is 3. The van der Waals surface area contributed by atoms with Gasteiger partial charge >= 0.3 is 0 Å². The number of fused-ring (bicyclic) bond motifs is 1. The molecule has 0 unspecified atom stereocenters. The lowest BCUT2D eigenvalue weighted by Crippen LogP contribution is -2.50. The first kappa shape index (κ1) is 19.6. The molecule has 1 aliphatic heterocycles. The van der Waals surface area contributed by atoms with Crippen LogP contribution in [0.3, 0.4) is 0 Å². The van der Waals surface area contributed by atoms with Crippen molar-refractivity contribution in [1.82, 2.24) is 9.21 Å². The zero-order chi connectivity index (χ0) is 19.9. The van der Waals surface area contributed by atoms with Gasteiger partial charge in [-0.05, 0) is 56.7 Å². The van der Waals surface area contributed by atoms with Gasteiger partial charge in [-0.15, -0.1) is 11.3 Å². The number of carbonyl (C=O) groups is 1. The van der Waals surface area contributed by atoms with Gasteiger partial charge in [-0.25, -0.2) is 8.42 Å². The molecule has 2 aliphatic rings. The Labute approximate surface area is 171 Å². The molecule has 0 bridgehead atoms. The molecule has 5 nitrogen and oxygen atoms in total. The van der Waals surface area contributed by atoms with Gasteiger partial charge in [0.25, 0.3) is 5.91 Å². The molecule has 0 radical (unpaired) electrons. The van der Waals surface area contributed by atoms with Crippen molar-refractivity contribution in [2.24, 2.45) is 0 Å². The second-order valence-electron chi connectivity index (χ2n) is 7.72. The molecule has 1 fully saturated rings. The standard InChI is InChI=1S/C21H26N2O3S2/c1-15-7-8-20(16(2)13-15)28(25,26)23-11-9-22(10-12-23)21(24)18-14-27-19-6-4-3-5-17(18)19/h7-8,13-14H,3-6,9-12H2,1-2H3. The number of hydrogen-bond acceptors (Lipinski definition) is 4. The van der Waals surface area contributed by atoms with Crippen LogP contribution in [0.25, 0.3) is 0 Å². The van der Waals surface area contributed by atoms with Gasteiger partial charge in [0.1, 0.15) is 0 Å². The number of sulfonamides is 1. The predicted molar refractivity (Wildman–Crippen MR) is 112 cm³/mol. The first-order valence-electron chi connectivity index (χ1n) is 9.84. The lowest BCUT2D eigenvalue weighted by molar-refractivity contribution is 0.0697. The summed E-state index contributed by atoms with van der Waals surface area (Å²) in [6, 6.07) is 5.42. The normalized spacial score (nSPS) is 18.1. The maximum absolute atomic E-state index is 13.0. The van der Waals surface area contributed by atoms with Crippen LogP contribution in [0.1, 0.15) is 44.8 Å². The molecule has 1 aliphatic carbocycles. The summed E-state index contributed by atoms with van der Waals surface area (Å²) < 4.78 is 27.6. The van der Waals surface area contributed by atoms with Crippen molar-refractivity contribution >= 4 is 27.3 Å². The molecule has 1 aromatic carbocycles. The fourth-order valence-corrected chi connectivity index (χ4v) is 6.95. The van der Waals surface area contributed by atoms with Gasteiger partial charge in [0.05, 0.1) is 10.5 Å². The first-order chi connectivity index (χ1) is 13.4. The molecular weight excluding hydrogens is 392 g/mol. The minimum Gasteiger partial charge on any atom is -0.336 e. The number of benzene rings is 1. The van der Waals surface area contributed by atoms with Gasteiger partial charge in [-0.2, -0.15) is 4.31 Å². The topological polar surface area (TPSA) is 57.7 Å². The van der Waals surface area contributed by atoms with Crippen molar-refractivity contribution in [1.29, 1.82) is 0 Å². The largest absolute Gasteiger partial charge is 0.336 e. The van der Waals surface area contributed by atoms with Gasteiger partial charge in [-0.1, -0.05) is 17.7 Å². The third kappa shape index (κ3) is 3.51. The van der Waals surface area contributed by atoms with Crippen LogP contribution in [0.2, 0.25) is 0 Å².